The molecule has 3 rings (SSSR count). The van der Waals surface area contributed by atoms with E-state index in [1.165, 1.54) is 0 Å². The minimum absolute atomic E-state index is 0.457. The van der Waals surface area contributed by atoms with E-state index in [2.05, 4.69) is 91.1 Å². The first kappa shape index (κ1) is 20.1. The molecule has 0 spiro atoms. The third-order valence-corrected chi connectivity index (χ3v) is 5.01. The molecule has 0 aliphatic rings. The highest BCUT2D eigenvalue weighted by Gasteiger charge is 2.35. The highest BCUT2D eigenvalue weighted by Crippen LogP contribution is 2.36. The summed E-state index contributed by atoms with van der Waals surface area (Å²) in [6, 6.07) is 31.4. The fourth-order valence-corrected chi connectivity index (χ4v) is 3.62. The molecule has 28 heavy (non-hydrogen) atoms. The van der Waals surface area contributed by atoms with Crippen LogP contribution in [0.5, 0.6) is 0 Å². The van der Waals surface area contributed by atoms with Crippen LogP contribution in [0.3, 0.4) is 0 Å². The standard InChI is InChI=1S/C26H29NO/c1-2-3-7-20-25(28)21-27-26(22-14-8-4-9-15-22,23-16-10-5-11-17-23)24-18-12-6-13-19-24/h4-20,25,27-28H,2-3,21H2,1H3/b20-7-. The molecule has 3 aromatic rings. The summed E-state index contributed by atoms with van der Waals surface area (Å²) in [4.78, 5) is 0. The maximum Gasteiger partial charge on any atom is 0.0948 e. The van der Waals surface area contributed by atoms with Crippen molar-refractivity contribution in [2.75, 3.05) is 6.54 Å². The van der Waals surface area contributed by atoms with Gasteiger partial charge in [-0.05, 0) is 23.1 Å². The molecule has 0 aromatic heterocycles. The van der Waals surface area contributed by atoms with Crippen molar-refractivity contribution < 1.29 is 5.11 Å². The van der Waals surface area contributed by atoms with Gasteiger partial charge in [-0.3, -0.25) is 5.32 Å². The summed E-state index contributed by atoms with van der Waals surface area (Å²) in [5.41, 5.74) is 2.91. The van der Waals surface area contributed by atoms with Crippen LogP contribution >= 0.6 is 0 Å². The van der Waals surface area contributed by atoms with E-state index in [1.54, 1.807) is 0 Å². The Morgan fingerprint density at radius 2 is 1.21 bits per heavy atom. The number of unbranched alkanes of at least 4 members (excludes halogenated alkanes) is 1. The summed E-state index contributed by atoms with van der Waals surface area (Å²) in [6.07, 6.45) is 5.47. The molecule has 0 heterocycles. The number of hydrogen-bond acceptors (Lipinski definition) is 2. The number of allylic oxidation sites excluding steroid dienone is 1. The van der Waals surface area contributed by atoms with Crippen molar-refractivity contribution in [3.8, 4) is 0 Å². The topological polar surface area (TPSA) is 32.3 Å². The Bertz CT molecular complexity index is 747. The molecule has 0 aliphatic heterocycles. The van der Waals surface area contributed by atoms with Crippen molar-refractivity contribution in [1.29, 1.82) is 0 Å². The molecule has 2 nitrogen and oxygen atoms in total. The predicted molar refractivity (Wildman–Crippen MR) is 117 cm³/mol. The molecular weight excluding hydrogens is 342 g/mol. The Morgan fingerprint density at radius 3 is 1.61 bits per heavy atom. The van der Waals surface area contributed by atoms with Gasteiger partial charge in [0.2, 0.25) is 0 Å². The van der Waals surface area contributed by atoms with E-state index in [9.17, 15) is 5.11 Å². The largest absolute Gasteiger partial charge is 0.388 e. The first-order valence-corrected chi connectivity index (χ1v) is 10.0. The van der Waals surface area contributed by atoms with Gasteiger partial charge in [0.15, 0.2) is 0 Å². The molecule has 2 heteroatoms. The summed E-state index contributed by atoms with van der Waals surface area (Å²) in [7, 11) is 0. The number of aliphatic hydroxyl groups is 1. The normalized spacial score (nSPS) is 12.9. The van der Waals surface area contributed by atoms with Crippen LogP contribution in [-0.4, -0.2) is 17.8 Å². The first-order valence-electron chi connectivity index (χ1n) is 10.0. The Kier molecular flexibility index (Phi) is 7.18. The predicted octanol–water partition coefficient (Wildman–Crippen LogP) is 5.29. The van der Waals surface area contributed by atoms with Crippen molar-refractivity contribution in [3.63, 3.8) is 0 Å². The van der Waals surface area contributed by atoms with Crippen LogP contribution in [0.15, 0.2) is 103 Å². The molecule has 0 saturated carbocycles. The van der Waals surface area contributed by atoms with Crippen LogP contribution < -0.4 is 5.32 Å². The molecule has 0 amide bonds. The van der Waals surface area contributed by atoms with Crippen LogP contribution in [0.25, 0.3) is 0 Å². The number of nitrogens with one attached hydrogen (secondary N) is 1. The second kappa shape index (κ2) is 10.0. The zero-order chi connectivity index (χ0) is 19.7. The molecule has 3 aromatic carbocycles. The highest BCUT2D eigenvalue weighted by molar-refractivity contribution is 5.49. The van der Waals surface area contributed by atoms with E-state index in [0.29, 0.717) is 6.54 Å². The summed E-state index contributed by atoms with van der Waals surface area (Å²) in [6.45, 7) is 2.60. The Labute approximate surface area is 168 Å². The summed E-state index contributed by atoms with van der Waals surface area (Å²) < 4.78 is 0. The Morgan fingerprint density at radius 1 is 0.786 bits per heavy atom. The number of rotatable bonds is 9. The average molecular weight is 372 g/mol. The number of hydrogen-bond donors (Lipinski definition) is 2. The second-order valence-electron chi connectivity index (χ2n) is 7.01. The quantitative estimate of drug-likeness (QED) is 0.396. The molecule has 0 bridgehead atoms. The summed E-state index contributed by atoms with van der Waals surface area (Å²) >= 11 is 0. The number of benzene rings is 3. The van der Waals surface area contributed by atoms with Crippen molar-refractivity contribution in [3.05, 3.63) is 120 Å². The third kappa shape index (κ3) is 4.59. The lowest BCUT2D eigenvalue weighted by atomic mass is 9.77. The van der Waals surface area contributed by atoms with Crippen molar-refractivity contribution in [2.45, 2.75) is 31.4 Å². The number of aliphatic hydroxyl groups excluding tert-OH is 1. The van der Waals surface area contributed by atoms with E-state index in [1.807, 2.05) is 24.3 Å². The molecule has 1 atom stereocenters. The van der Waals surface area contributed by atoms with Crippen LogP contribution in [0, 0.1) is 0 Å². The van der Waals surface area contributed by atoms with E-state index in [-0.39, 0.29) is 0 Å². The van der Waals surface area contributed by atoms with Gasteiger partial charge in [0.25, 0.3) is 0 Å². The molecule has 0 fully saturated rings. The second-order valence-corrected chi connectivity index (χ2v) is 7.01. The minimum Gasteiger partial charge on any atom is -0.388 e. The maximum absolute atomic E-state index is 10.5. The van der Waals surface area contributed by atoms with Crippen molar-refractivity contribution in [1.82, 2.24) is 5.32 Å². The highest BCUT2D eigenvalue weighted by atomic mass is 16.3. The lowest BCUT2D eigenvalue weighted by Crippen LogP contribution is -2.47. The zero-order valence-electron chi connectivity index (χ0n) is 16.5. The fourth-order valence-electron chi connectivity index (χ4n) is 3.62. The van der Waals surface area contributed by atoms with E-state index in [4.69, 9.17) is 0 Å². The molecule has 0 radical (unpaired) electrons. The Hall–Kier alpha value is -2.68. The Balaban J connectivity index is 2.06. The van der Waals surface area contributed by atoms with E-state index >= 15 is 0 Å². The summed E-state index contributed by atoms with van der Waals surface area (Å²) in [5, 5.41) is 14.2. The smallest absolute Gasteiger partial charge is 0.0948 e. The van der Waals surface area contributed by atoms with Gasteiger partial charge in [0.05, 0.1) is 11.6 Å². The van der Waals surface area contributed by atoms with Gasteiger partial charge in [0, 0.05) is 6.54 Å². The van der Waals surface area contributed by atoms with Crippen molar-refractivity contribution >= 4 is 0 Å². The first-order chi connectivity index (χ1) is 13.8. The van der Waals surface area contributed by atoms with Crippen LogP contribution in [0.2, 0.25) is 0 Å². The van der Waals surface area contributed by atoms with Gasteiger partial charge < -0.3 is 5.11 Å². The van der Waals surface area contributed by atoms with Gasteiger partial charge in [0.1, 0.15) is 0 Å². The van der Waals surface area contributed by atoms with Crippen LogP contribution in [0.4, 0.5) is 0 Å². The van der Waals surface area contributed by atoms with E-state index in [0.717, 1.165) is 29.5 Å². The molecule has 0 saturated heterocycles. The van der Waals surface area contributed by atoms with Gasteiger partial charge in [-0.2, -0.15) is 0 Å². The maximum atomic E-state index is 10.5. The molecule has 0 aliphatic carbocycles. The molecule has 144 valence electrons. The zero-order valence-corrected chi connectivity index (χ0v) is 16.5. The van der Waals surface area contributed by atoms with Gasteiger partial charge in [-0.15, -0.1) is 0 Å². The SMILES string of the molecule is CCC/C=C\C(O)CNC(c1ccccc1)(c1ccccc1)c1ccccc1. The molecular formula is C26H29NO. The lowest BCUT2D eigenvalue weighted by molar-refractivity contribution is 0.208. The minimum atomic E-state index is -0.540. The van der Waals surface area contributed by atoms with Gasteiger partial charge in [-0.1, -0.05) is 116 Å². The van der Waals surface area contributed by atoms with E-state index < -0.39 is 11.6 Å². The molecule has 2 N–H and O–H groups in total. The van der Waals surface area contributed by atoms with Gasteiger partial charge in [-0.25, -0.2) is 0 Å². The third-order valence-electron chi connectivity index (χ3n) is 5.01. The summed E-state index contributed by atoms with van der Waals surface area (Å²) in [5.74, 6) is 0. The van der Waals surface area contributed by atoms with Crippen molar-refractivity contribution in [2.24, 2.45) is 0 Å². The average Bonchev–Trinajstić information content (AvgIpc) is 2.77. The lowest BCUT2D eigenvalue weighted by Gasteiger charge is -2.37. The van der Waals surface area contributed by atoms with Crippen LogP contribution in [-0.2, 0) is 5.54 Å². The fraction of sp³-hybridized carbons (Fsp3) is 0.231. The van der Waals surface area contributed by atoms with Gasteiger partial charge >= 0.3 is 0 Å². The van der Waals surface area contributed by atoms with Crippen LogP contribution in [0.1, 0.15) is 36.5 Å². The molecule has 1 unspecified atom stereocenters. The monoisotopic (exact) mass is 371 g/mol.